The molecule has 0 aromatic heterocycles. The van der Waals surface area contributed by atoms with Crippen molar-refractivity contribution >= 4 is 10.0 Å². The van der Waals surface area contributed by atoms with Gasteiger partial charge in [0.05, 0.1) is 36.4 Å². The molecule has 1 spiro atoms. The van der Waals surface area contributed by atoms with Gasteiger partial charge in [0.1, 0.15) is 5.75 Å². The Hall–Kier alpha value is -1.33. The smallest absolute Gasteiger partial charge is 0.387 e. The molecule has 156 valence electrons. The molecule has 3 saturated heterocycles. The highest BCUT2D eigenvalue weighted by atomic mass is 32.2. The second-order valence-electron chi connectivity index (χ2n) is 7.29. The van der Waals surface area contributed by atoms with Gasteiger partial charge in [-0.05, 0) is 37.1 Å². The molecule has 10 heteroatoms. The lowest BCUT2D eigenvalue weighted by atomic mass is 9.79. The van der Waals surface area contributed by atoms with Crippen molar-refractivity contribution in [1.29, 1.82) is 0 Å². The van der Waals surface area contributed by atoms with E-state index in [4.69, 9.17) is 9.47 Å². The molecule has 1 aromatic rings. The van der Waals surface area contributed by atoms with Crippen molar-refractivity contribution in [3.05, 3.63) is 24.3 Å². The first-order valence-electron chi connectivity index (χ1n) is 9.41. The fourth-order valence-corrected chi connectivity index (χ4v) is 5.69. The topological polar surface area (TPSA) is 68.3 Å². The van der Waals surface area contributed by atoms with Crippen LogP contribution in [0.15, 0.2) is 29.2 Å². The molecular weight excluding hydrogens is 394 g/mol. The third-order valence-electron chi connectivity index (χ3n) is 5.88. The average Bonchev–Trinajstić information content (AvgIpc) is 2.68. The van der Waals surface area contributed by atoms with Crippen LogP contribution in [-0.4, -0.2) is 81.9 Å². The lowest BCUT2D eigenvalue weighted by Crippen LogP contribution is -2.69. The van der Waals surface area contributed by atoms with Crippen molar-refractivity contribution in [2.24, 2.45) is 0 Å². The Morgan fingerprint density at radius 2 is 1.71 bits per heavy atom. The number of morpholine rings is 1. The standard InChI is InChI=1S/C18H24F2N2O5S/c19-17(20)27-14-1-3-15(4-2-14)28(23,24)22-7-5-18(6-8-22)16(13-26-18)21-9-11-25-12-10-21/h1-4,16-17H,5-13H2. The molecule has 1 aromatic carbocycles. The van der Waals surface area contributed by atoms with Gasteiger partial charge in [-0.1, -0.05) is 0 Å². The van der Waals surface area contributed by atoms with Crippen LogP contribution in [0.5, 0.6) is 5.75 Å². The maximum atomic E-state index is 12.9. The molecule has 1 atom stereocenters. The van der Waals surface area contributed by atoms with E-state index >= 15 is 0 Å². The van der Waals surface area contributed by atoms with Crippen molar-refractivity contribution in [2.75, 3.05) is 46.0 Å². The number of alkyl halides is 2. The van der Waals surface area contributed by atoms with E-state index in [1.54, 1.807) is 0 Å². The highest BCUT2D eigenvalue weighted by Gasteiger charge is 2.53. The van der Waals surface area contributed by atoms with Crippen LogP contribution in [0.1, 0.15) is 12.8 Å². The van der Waals surface area contributed by atoms with E-state index in [0.29, 0.717) is 38.6 Å². The first-order valence-corrected chi connectivity index (χ1v) is 10.9. The third-order valence-corrected chi connectivity index (χ3v) is 7.79. The Morgan fingerprint density at radius 1 is 1.07 bits per heavy atom. The maximum absolute atomic E-state index is 12.9. The summed E-state index contributed by atoms with van der Waals surface area (Å²) in [5, 5.41) is 0. The van der Waals surface area contributed by atoms with Gasteiger partial charge in [-0.2, -0.15) is 13.1 Å². The van der Waals surface area contributed by atoms with Gasteiger partial charge in [0.25, 0.3) is 0 Å². The second kappa shape index (κ2) is 7.83. The molecule has 3 heterocycles. The van der Waals surface area contributed by atoms with E-state index in [9.17, 15) is 17.2 Å². The number of hydrogen-bond donors (Lipinski definition) is 0. The molecule has 28 heavy (non-hydrogen) atoms. The van der Waals surface area contributed by atoms with Crippen molar-refractivity contribution in [1.82, 2.24) is 9.21 Å². The van der Waals surface area contributed by atoms with E-state index in [1.807, 2.05) is 0 Å². The monoisotopic (exact) mass is 418 g/mol. The summed E-state index contributed by atoms with van der Waals surface area (Å²) in [7, 11) is -3.68. The van der Waals surface area contributed by atoms with Crippen molar-refractivity contribution < 1.29 is 31.4 Å². The average molecular weight is 418 g/mol. The molecule has 4 rings (SSSR count). The summed E-state index contributed by atoms with van der Waals surface area (Å²) in [4.78, 5) is 2.46. The van der Waals surface area contributed by atoms with Crippen LogP contribution in [0.2, 0.25) is 0 Å². The summed E-state index contributed by atoms with van der Waals surface area (Å²) in [5.41, 5.74) is -0.279. The van der Waals surface area contributed by atoms with E-state index < -0.39 is 16.6 Å². The van der Waals surface area contributed by atoms with Gasteiger partial charge in [0.15, 0.2) is 0 Å². The number of rotatable bonds is 5. The number of benzene rings is 1. The van der Waals surface area contributed by atoms with Crippen LogP contribution in [0.3, 0.4) is 0 Å². The SMILES string of the molecule is O=S(=O)(c1ccc(OC(F)F)cc1)N1CCC2(CC1)OCC2N1CCOCC1. The fraction of sp³-hybridized carbons (Fsp3) is 0.667. The van der Waals surface area contributed by atoms with E-state index in [1.165, 1.54) is 28.6 Å². The Balaban J connectivity index is 1.40. The molecule has 0 saturated carbocycles. The molecule has 0 aliphatic carbocycles. The molecule has 0 radical (unpaired) electrons. The normalized spacial score (nSPS) is 26.3. The van der Waals surface area contributed by atoms with Gasteiger partial charge >= 0.3 is 6.61 Å². The minimum Gasteiger partial charge on any atom is -0.435 e. The molecule has 0 bridgehead atoms. The Labute approximate surface area is 163 Å². The number of sulfonamides is 1. The zero-order valence-electron chi connectivity index (χ0n) is 15.4. The summed E-state index contributed by atoms with van der Waals surface area (Å²) in [6.07, 6.45) is 1.28. The van der Waals surface area contributed by atoms with Crippen molar-refractivity contribution in [3.63, 3.8) is 0 Å². The minimum absolute atomic E-state index is 0.0669. The zero-order valence-corrected chi connectivity index (χ0v) is 16.2. The van der Waals surface area contributed by atoms with Gasteiger partial charge in [-0.25, -0.2) is 8.42 Å². The number of hydrogen-bond acceptors (Lipinski definition) is 6. The Kier molecular flexibility index (Phi) is 5.58. The van der Waals surface area contributed by atoms with Crippen molar-refractivity contribution in [2.45, 2.75) is 36.0 Å². The number of piperidine rings is 1. The fourth-order valence-electron chi connectivity index (χ4n) is 4.25. The minimum atomic E-state index is -3.68. The highest BCUT2D eigenvalue weighted by Crippen LogP contribution is 2.41. The number of ether oxygens (including phenoxy) is 3. The van der Waals surface area contributed by atoms with Crippen molar-refractivity contribution in [3.8, 4) is 5.75 Å². The zero-order chi connectivity index (χ0) is 19.8. The van der Waals surface area contributed by atoms with E-state index in [2.05, 4.69) is 9.64 Å². The second-order valence-corrected chi connectivity index (χ2v) is 9.23. The maximum Gasteiger partial charge on any atom is 0.387 e. The lowest BCUT2D eigenvalue weighted by Gasteiger charge is -2.57. The van der Waals surface area contributed by atoms with Crippen LogP contribution in [0, 0.1) is 0 Å². The first-order chi connectivity index (χ1) is 13.4. The van der Waals surface area contributed by atoms with Gasteiger partial charge in [-0.15, -0.1) is 0 Å². The molecule has 0 N–H and O–H groups in total. The highest BCUT2D eigenvalue weighted by molar-refractivity contribution is 7.89. The Bertz CT molecular complexity index is 776. The molecule has 7 nitrogen and oxygen atoms in total. The quantitative estimate of drug-likeness (QED) is 0.723. The van der Waals surface area contributed by atoms with Gasteiger partial charge in [-0.3, -0.25) is 4.90 Å². The van der Waals surface area contributed by atoms with Crippen LogP contribution < -0.4 is 4.74 Å². The summed E-state index contributed by atoms with van der Waals surface area (Å²) in [6.45, 7) is 1.68. The Morgan fingerprint density at radius 3 is 2.25 bits per heavy atom. The molecule has 3 aliphatic rings. The first kappa shape index (κ1) is 20.0. The molecule has 0 amide bonds. The van der Waals surface area contributed by atoms with Gasteiger partial charge < -0.3 is 14.2 Å². The summed E-state index contributed by atoms with van der Waals surface area (Å²) in [6, 6.07) is 5.40. The lowest BCUT2D eigenvalue weighted by molar-refractivity contribution is -0.236. The molecule has 3 aliphatic heterocycles. The largest absolute Gasteiger partial charge is 0.435 e. The number of nitrogens with zero attached hydrogens (tertiary/aromatic N) is 2. The number of halogens is 2. The van der Waals surface area contributed by atoms with Gasteiger partial charge in [0, 0.05) is 26.2 Å². The van der Waals surface area contributed by atoms with E-state index in [0.717, 1.165) is 26.3 Å². The summed E-state index contributed by atoms with van der Waals surface area (Å²) < 4.78 is 67.4. The van der Waals surface area contributed by atoms with Crippen LogP contribution in [-0.2, 0) is 19.5 Å². The summed E-state index contributed by atoms with van der Waals surface area (Å²) >= 11 is 0. The molecule has 3 fully saturated rings. The van der Waals surface area contributed by atoms with Crippen LogP contribution in [0.25, 0.3) is 0 Å². The third kappa shape index (κ3) is 3.76. The van der Waals surface area contributed by atoms with Crippen LogP contribution in [0.4, 0.5) is 8.78 Å². The van der Waals surface area contributed by atoms with Crippen LogP contribution >= 0.6 is 0 Å². The van der Waals surface area contributed by atoms with E-state index in [-0.39, 0.29) is 16.2 Å². The molecular formula is C18H24F2N2O5S. The summed E-state index contributed by atoms with van der Waals surface area (Å²) in [5.74, 6) is -0.0669. The predicted molar refractivity (Wildman–Crippen MR) is 95.9 cm³/mol. The molecule has 1 unspecified atom stereocenters. The predicted octanol–water partition coefficient (Wildman–Crippen LogP) is 1.54. The van der Waals surface area contributed by atoms with Gasteiger partial charge in [0.2, 0.25) is 10.0 Å².